The number of aliphatic imine (C=N–C) groups is 1. The van der Waals surface area contributed by atoms with Gasteiger partial charge >= 0.3 is 0 Å². The lowest BCUT2D eigenvalue weighted by Crippen LogP contribution is -2.31. The van der Waals surface area contributed by atoms with Gasteiger partial charge in [-0.05, 0) is 32.8 Å². The molecule has 3 aliphatic rings. The molecule has 4 heterocycles. The van der Waals surface area contributed by atoms with Gasteiger partial charge in [-0.15, -0.1) is 24.0 Å². The van der Waals surface area contributed by atoms with Gasteiger partial charge in [-0.1, -0.05) is 0 Å². The van der Waals surface area contributed by atoms with Crippen molar-refractivity contribution in [1.29, 1.82) is 0 Å². The van der Waals surface area contributed by atoms with E-state index >= 15 is 0 Å². The highest BCUT2D eigenvalue weighted by Gasteiger charge is 2.40. The minimum Gasteiger partial charge on any atom is -0.458 e. The zero-order valence-electron chi connectivity index (χ0n) is 12.5. The van der Waals surface area contributed by atoms with E-state index in [9.17, 15) is 0 Å². The first kappa shape index (κ1) is 15.6. The number of aromatic nitrogens is 2. The first-order chi connectivity index (χ1) is 10.1. The van der Waals surface area contributed by atoms with Crippen molar-refractivity contribution in [2.45, 2.75) is 37.8 Å². The Bertz CT molecular complexity index is 666. The number of hydrogen-bond donors (Lipinski definition) is 0. The summed E-state index contributed by atoms with van der Waals surface area (Å²) in [4.78, 5) is 15.1. The van der Waals surface area contributed by atoms with Gasteiger partial charge in [-0.25, -0.2) is 15.0 Å². The largest absolute Gasteiger partial charge is 0.458 e. The van der Waals surface area contributed by atoms with Crippen molar-refractivity contribution < 1.29 is 4.74 Å². The predicted octanol–water partition coefficient (Wildman–Crippen LogP) is 3.07. The molecule has 0 aliphatic carbocycles. The SMILES string of the molecule is CC1=NC2Oc3c(ncnc3N3CCCC3)C2=CC1(C)Cl.Cl. The molecule has 7 heteroatoms. The van der Waals surface area contributed by atoms with Crippen LogP contribution in [0.2, 0.25) is 0 Å². The van der Waals surface area contributed by atoms with Crippen molar-refractivity contribution in [3.8, 4) is 5.75 Å². The van der Waals surface area contributed by atoms with Crippen molar-refractivity contribution in [2.75, 3.05) is 18.0 Å². The molecule has 118 valence electrons. The molecule has 1 aromatic heterocycles. The van der Waals surface area contributed by atoms with E-state index in [0.717, 1.165) is 41.6 Å². The Kier molecular flexibility index (Phi) is 3.81. The number of anilines is 1. The summed E-state index contributed by atoms with van der Waals surface area (Å²) in [5.41, 5.74) is 2.65. The smallest absolute Gasteiger partial charge is 0.218 e. The third-order valence-electron chi connectivity index (χ3n) is 4.40. The molecule has 1 fully saturated rings. The van der Waals surface area contributed by atoms with E-state index in [1.54, 1.807) is 6.33 Å². The number of alkyl halides is 1. The summed E-state index contributed by atoms with van der Waals surface area (Å²) in [6, 6.07) is 0. The summed E-state index contributed by atoms with van der Waals surface area (Å²) >= 11 is 6.51. The number of fused-ring (bicyclic) bond motifs is 3. The van der Waals surface area contributed by atoms with Crippen molar-refractivity contribution in [1.82, 2.24) is 9.97 Å². The fraction of sp³-hybridized carbons (Fsp3) is 0.533. The molecular weight excluding hydrogens is 323 g/mol. The third kappa shape index (κ3) is 2.27. The van der Waals surface area contributed by atoms with Gasteiger partial charge in [0, 0.05) is 24.4 Å². The van der Waals surface area contributed by atoms with Crippen LogP contribution in [0.1, 0.15) is 32.4 Å². The standard InChI is InChI=1S/C15H17ClN4O.ClH/c1-9-15(2,16)7-10-11-12(21-14(10)19-9)13(18-8-17-11)20-5-3-4-6-20;/h7-8,14H,3-6H2,1-2H3;1H. The molecule has 0 saturated carbocycles. The molecule has 2 atom stereocenters. The van der Waals surface area contributed by atoms with E-state index < -0.39 is 4.87 Å². The number of ether oxygens (including phenoxy) is 1. The van der Waals surface area contributed by atoms with E-state index in [-0.39, 0.29) is 18.6 Å². The van der Waals surface area contributed by atoms with Crippen molar-refractivity contribution in [3.63, 3.8) is 0 Å². The maximum absolute atomic E-state index is 6.51. The van der Waals surface area contributed by atoms with Gasteiger partial charge in [0.05, 0.1) is 4.87 Å². The van der Waals surface area contributed by atoms with Gasteiger partial charge < -0.3 is 9.64 Å². The van der Waals surface area contributed by atoms with Crippen LogP contribution in [0.25, 0.3) is 5.57 Å². The van der Waals surface area contributed by atoms with E-state index in [0.29, 0.717) is 0 Å². The fourth-order valence-corrected chi connectivity index (χ4v) is 3.23. The van der Waals surface area contributed by atoms with E-state index in [1.165, 1.54) is 12.8 Å². The Hall–Kier alpha value is -1.33. The monoisotopic (exact) mass is 340 g/mol. The Morgan fingerprint density at radius 2 is 2.05 bits per heavy atom. The van der Waals surface area contributed by atoms with Gasteiger partial charge in [-0.2, -0.15) is 0 Å². The first-order valence-electron chi connectivity index (χ1n) is 7.30. The van der Waals surface area contributed by atoms with Crippen molar-refractivity contribution >= 4 is 41.1 Å². The maximum atomic E-state index is 6.51. The Morgan fingerprint density at radius 1 is 1.32 bits per heavy atom. The van der Waals surface area contributed by atoms with Gasteiger partial charge in [0.2, 0.25) is 6.23 Å². The van der Waals surface area contributed by atoms with Crippen molar-refractivity contribution in [3.05, 3.63) is 18.1 Å². The van der Waals surface area contributed by atoms with Crippen LogP contribution in [0.4, 0.5) is 5.82 Å². The number of dihydropyridines is 1. The zero-order chi connectivity index (χ0) is 14.6. The summed E-state index contributed by atoms with van der Waals surface area (Å²) in [6.07, 6.45) is 5.68. The lowest BCUT2D eigenvalue weighted by molar-refractivity contribution is 0.284. The highest BCUT2D eigenvalue weighted by molar-refractivity contribution is 6.38. The van der Waals surface area contributed by atoms with E-state index in [4.69, 9.17) is 16.3 Å². The molecule has 1 aromatic rings. The number of nitrogens with zero attached hydrogens (tertiary/aromatic N) is 4. The molecule has 3 aliphatic heterocycles. The summed E-state index contributed by atoms with van der Waals surface area (Å²) in [5.74, 6) is 1.64. The molecule has 0 radical (unpaired) electrons. The molecule has 22 heavy (non-hydrogen) atoms. The molecule has 0 aromatic carbocycles. The second-order valence-electron chi connectivity index (χ2n) is 5.93. The summed E-state index contributed by atoms with van der Waals surface area (Å²) < 4.78 is 6.04. The summed E-state index contributed by atoms with van der Waals surface area (Å²) in [6.45, 7) is 5.91. The van der Waals surface area contributed by atoms with Crippen LogP contribution in [0.15, 0.2) is 17.4 Å². The quantitative estimate of drug-likeness (QED) is 0.737. The Balaban J connectivity index is 0.00000144. The van der Waals surface area contributed by atoms with Gasteiger partial charge in [-0.3, -0.25) is 0 Å². The van der Waals surface area contributed by atoms with Gasteiger partial charge in [0.25, 0.3) is 0 Å². The molecule has 0 N–H and O–H groups in total. The van der Waals surface area contributed by atoms with Crippen LogP contribution in [-0.4, -0.2) is 39.9 Å². The number of rotatable bonds is 1. The number of halogens is 2. The average Bonchev–Trinajstić information content (AvgIpc) is 3.07. The Morgan fingerprint density at radius 3 is 2.77 bits per heavy atom. The average molecular weight is 341 g/mol. The second kappa shape index (κ2) is 5.39. The lowest BCUT2D eigenvalue weighted by Gasteiger charge is -2.25. The van der Waals surface area contributed by atoms with Gasteiger partial charge in [0.1, 0.15) is 12.0 Å². The molecule has 0 spiro atoms. The topological polar surface area (TPSA) is 50.6 Å². The second-order valence-corrected chi connectivity index (χ2v) is 6.71. The van der Waals surface area contributed by atoms with E-state index in [1.807, 2.05) is 19.9 Å². The summed E-state index contributed by atoms with van der Waals surface area (Å²) in [7, 11) is 0. The van der Waals surface area contributed by atoms with Crippen LogP contribution < -0.4 is 9.64 Å². The molecule has 1 saturated heterocycles. The predicted molar refractivity (Wildman–Crippen MR) is 90.5 cm³/mol. The van der Waals surface area contributed by atoms with Crippen molar-refractivity contribution in [2.24, 2.45) is 4.99 Å². The van der Waals surface area contributed by atoms with Crippen LogP contribution in [0, 0.1) is 0 Å². The molecule has 4 rings (SSSR count). The highest BCUT2D eigenvalue weighted by atomic mass is 35.5. The van der Waals surface area contributed by atoms with Crippen LogP contribution >= 0.6 is 24.0 Å². The third-order valence-corrected chi connectivity index (χ3v) is 4.79. The molecule has 0 amide bonds. The first-order valence-corrected chi connectivity index (χ1v) is 7.67. The molecular formula is C15H18Cl2N4O. The fourth-order valence-electron chi connectivity index (χ4n) is 3.06. The molecule has 2 unspecified atom stereocenters. The van der Waals surface area contributed by atoms with Crippen LogP contribution in [-0.2, 0) is 0 Å². The van der Waals surface area contributed by atoms with Crippen LogP contribution in [0.5, 0.6) is 5.75 Å². The van der Waals surface area contributed by atoms with Gasteiger partial charge in [0.15, 0.2) is 11.6 Å². The minimum atomic E-state index is -0.574. The molecule has 5 nitrogen and oxygen atoms in total. The highest BCUT2D eigenvalue weighted by Crippen LogP contribution is 2.45. The minimum absolute atomic E-state index is 0. The summed E-state index contributed by atoms with van der Waals surface area (Å²) in [5, 5.41) is 0. The Labute approximate surface area is 140 Å². The normalized spacial score (nSPS) is 29.0. The van der Waals surface area contributed by atoms with E-state index in [2.05, 4.69) is 19.9 Å². The number of allylic oxidation sites excluding steroid dienone is 1. The maximum Gasteiger partial charge on any atom is 0.218 e. The number of hydrogen-bond acceptors (Lipinski definition) is 5. The zero-order valence-corrected chi connectivity index (χ0v) is 14.1. The molecule has 0 bridgehead atoms. The van der Waals surface area contributed by atoms with Crippen LogP contribution in [0.3, 0.4) is 0 Å². The lowest BCUT2D eigenvalue weighted by atomic mass is 9.97.